The van der Waals surface area contributed by atoms with E-state index >= 15 is 0 Å². The summed E-state index contributed by atoms with van der Waals surface area (Å²) in [5.74, 6) is 0.0283. The summed E-state index contributed by atoms with van der Waals surface area (Å²) >= 11 is 0. The molecule has 7 heteroatoms. The number of rotatable bonds is 4. The molecule has 0 radical (unpaired) electrons. The van der Waals surface area contributed by atoms with Gasteiger partial charge in [-0.2, -0.15) is 5.10 Å². The molecule has 0 unspecified atom stereocenters. The van der Waals surface area contributed by atoms with Crippen LogP contribution in [0, 0.1) is 0 Å². The quantitative estimate of drug-likeness (QED) is 0.849. The minimum atomic E-state index is -3.57. The molecule has 2 N–H and O–H groups in total. The van der Waals surface area contributed by atoms with Crippen molar-refractivity contribution in [2.75, 3.05) is 0 Å². The van der Waals surface area contributed by atoms with Crippen LogP contribution in [0.1, 0.15) is 5.69 Å². The van der Waals surface area contributed by atoms with E-state index in [0.29, 0.717) is 0 Å². The molecule has 0 aliphatic rings. The fourth-order valence-corrected chi connectivity index (χ4v) is 2.45. The fourth-order valence-electron chi connectivity index (χ4n) is 1.45. The van der Waals surface area contributed by atoms with Gasteiger partial charge in [0.25, 0.3) is 0 Å². The van der Waals surface area contributed by atoms with Crippen molar-refractivity contribution in [3.8, 4) is 5.75 Å². The maximum atomic E-state index is 11.9. The minimum absolute atomic E-state index is 0.0283. The molecule has 18 heavy (non-hydrogen) atoms. The number of nitrogens with one attached hydrogen (secondary N) is 1. The van der Waals surface area contributed by atoms with Gasteiger partial charge in [0.05, 0.1) is 17.1 Å². The Morgan fingerprint density at radius 2 is 1.94 bits per heavy atom. The van der Waals surface area contributed by atoms with Crippen LogP contribution >= 0.6 is 0 Å². The summed E-state index contributed by atoms with van der Waals surface area (Å²) in [4.78, 5) is 0.113. The molecule has 6 nitrogen and oxygen atoms in total. The second-order valence-corrected chi connectivity index (χ2v) is 5.53. The van der Waals surface area contributed by atoms with Gasteiger partial charge in [0, 0.05) is 13.2 Å². The first-order valence-corrected chi connectivity index (χ1v) is 6.73. The maximum absolute atomic E-state index is 11.9. The van der Waals surface area contributed by atoms with Crippen LogP contribution in [-0.2, 0) is 23.6 Å². The first-order chi connectivity index (χ1) is 8.49. The molecule has 0 spiro atoms. The predicted molar refractivity (Wildman–Crippen MR) is 65.3 cm³/mol. The van der Waals surface area contributed by atoms with Crippen LogP contribution in [0.5, 0.6) is 5.75 Å². The molecule has 96 valence electrons. The zero-order valence-electron chi connectivity index (χ0n) is 9.74. The van der Waals surface area contributed by atoms with E-state index in [0.717, 1.165) is 5.69 Å². The molecule has 0 aliphatic heterocycles. The van der Waals surface area contributed by atoms with Gasteiger partial charge in [-0.25, -0.2) is 13.1 Å². The van der Waals surface area contributed by atoms with Crippen LogP contribution in [-0.4, -0.2) is 23.3 Å². The van der Waals surface area contributed by atoms with E-state index < -0.39 is 10.0 Å². The Bertz CT molecular complexity index is 632. The van der Waals surface area contributed by atoms with Gasteiger partial charge in [-0.1, -0.05) is 0 Å². The Morgan fingerprint density at radius 3 is 2.50 bits per heavy atom. The predicted octanol–water partition coefficient (Wildman–Crippen LogP) is 0.604. The number of hydrogen-bond donors (Lipinski definition) is 2. The SMILES string of the molecule is Cn1nccc1CNS(=O)(=O)c1ccc(O)cc1. The zero-order chi connectivity index (χ0) is 13.2. The van der Waals surface area contributed by atoms with Crippen LogP contribution in [0.25, 0.3) is 0 Å². The van der Waals surface area contributed by atoms with E-state index in [1.165, 1.54) is 24.3 Å². The number of sulfonamides is 1. The Hall–Kier alpha value is -1.86. The van der Waals surface area contributed by atoms with Crippen LogP contribution in [0.2, 0.25) is 0 Å². The highest BCUT2D eigenvalue weighted by Gasteiger charge is 2.14. The van der Waals surface area contributed by atoms with Crippen molar-refractivity contribution < 1.29 is 13.5 Å². The molecule has 0 aliphatic carbocycles. The van der Waals surface area contributed by atoms with Crippen molar-refractivity contribution in [3.05, 3.63) is 42.2 Å². The number of phenols is 1. The Labute approximate surface area is 105 Å². The molecule has 0 amide bonds. The third kappa shape index (κ3) is 2.69. The van der Waals surface area contributed by atoms with Gasteiger partial charge in [-0.3, -0.25) is 4.68 Å². The number of aromatic hydroxyl groups is 1. The van der Waals surface area contributed by atoms with Crippen LogP contribution in [0.4, 0.5) is 0 Å². The average molecular weight is 267 g/mol. The van der Waals surface area contributed by atoms with E-state index in [-0.39, 0.29) is 17.2 Å². The molecule has 0 fully saturated rings. The first kappa shape index (κ1) is 12.6. The maximum Gasteiger partial charge on any atom is 0.240 e. The molecule has 0 atom stereocenters. The highest BCUT2D eigenvalue weighted by Crippen LogP contribution is 2.14. The lowest BCUT2D eigenvalue weighted by Gasteiger charge is -2.07. The first-order valence-electron chi connectivity index (χ1n) is 5.24. The topological polar surface area (TPSA) is 84.2 Å². The average Bonchev–Trinajstić information content (AvgIpc) is 2.73. The second kappa shape index (κ2) is 4.79. The van der Waals surface area contributed by atoms with Gasteiger partial charge in [-0.05, 0) is 30.3 Å². The van der Waals surface area contributed by atoms with Crippen molar-refractivity contribution in [2.45, 2.75) is 11.4 Å². The Morgan fingerprint density at radius 1 is 1.28 bits per heavy atom. The Kier molecular flexibility index (Phi) is 3.35. The monoisotopic (exact) mass is 267 g/mol. The fraction of sp³-hybridized carbons (Fsp3) is 0.182. The van der Waals surface area contributed by atoms with Crippen molar-refractivity contribution in [2.24, 2.45) is 7.05 Å². The summed E-state index contributed by atoms with van der Waals surface area (Å²) in [6.45, 7) is 0.166. The Balaban J connectivity index is 2.13. The largest absolute Gasteiger partial charge is 0.508 e. The van der Waals surface area contributed by atoms with Gasteiger partial charge < -0.3 is 5.11 Å². The summed E-state index contributed by atoms with van der Waals surface area (Å²) in [5.41, 5.74) is 0.761. The molecule has 2 aromatic rings. The van der Waals surface area contributed by atoms with E-state index in [1.54, 1.807) is 24.0 Å². The van der Waals surface area contributed by atoms with Gasteiger partial charge in [-0.15, -0.1) is 0 Å². The van der Waals surface area contributed by atoms with E-state index in [9.17, 15) is 8.42 Å². The molecular formula is C11H13N3O3S. The van der Waals surface area contributed by atoms with Gasteiger partial charge in [0.2, 0.25) is 10.0 Å². The molecule has 2 rings (SSSR count). The van der Waals surface area contributed by atoms with Gasteiger partial charge in [0.15, 0.2) is 0 Å². The molecule has 0 saturated carbocycles. The lowest BCUT2D eigenvalue weighted by Crippen LogP contribution is -2.24. The van der Waals surface area contributed by atoms with E-state index in [1.807, 2.05) is 0 Å². The number of aromatic nitrogens is 2. The van der Waals surface area contributed by atoms with Crippen molar-refractivity contribution in [1.29, 1.82) is 0 Å². The number of aryl methyl sites for hydroxylation is 1. The standard InChI is InChI=1S/C11H13N3O3S/c1-14-9(6-7-12-14)8-13-18(16,17)11-4-2-10(15)3-5-11/h2-7,13,15H,8H2,1H3. The molecule has 1 aromatic carbocycles. The third-order valence-electron chi connectivity index (χ3n) is 2.51. The molecule has 0 saturated heterocycles. The molecular weight excluding hydrogens is 254 g/mol. The summed E-state index contributed by atoms with van der Waals surface area (Å²) in [6.07, 6.45) is 1.60. The van der Waals surface area contributed by atoms with Crippen LogP contribution in [0.3, 0.4) is 0 Å². The number of hydrogen-bond acceptors (Lipinski definition) is 4. The van der Waals surface area contributed by atoms with Crippen molar-refractivity contribution >= 4 is 10.0 Å². The lowest BCUT2D eigenvalue weighted by molar-refractivity contribution is 0.474. The second-order valence-electron chi connectivity index (χ2n) is 3.76. The summed E-state index contributed by atoms with van der Waals surface area (Å²) in [7, 11) is -1.83. The van der Waals surface area contributed by atoms with Gasteiger partial charge >= 0.3 is 0 Å². The minimum Gasteiger partial charge on any atom is -0.508 e. The number of benzene rings is 1. The normalized spacial score (nSPS) is 11.6. The number of nitrogens with zero attached hydrogens (tertiary/aromatic N) is 2. The highest BCUT2D eigenvalue weighted by molar-refractivity contribution is 7.89. The van der Waals surface area contributed by atoms with Crippen molar-refractivity contribution in [3.63, 3.8) is 0 Å². The summed E-state index contributed by atoms with van der Waals surface area (Å²) in [5, 5.41) is 13.1. The highest BCUT2D eigenvalue weighted by atomic mass is 32.2. The smallest absolute Gasteiger partial charge is 0.240 e. The van der Waals surface area contributed by atoms with Gasteiger partial charge in [0.1, 0.15) is 5.75 Å². The van der Waals surface area contributed by atoms with Crippen LogP contribution in [0.15, 0.2) is 41.4 Å². The lowest BCUT2D eigenvalue weighted by atomic mass is 10.3. The summed E-state index contributed by atoms with van der Waals surface area (Å²) < 4.78 is 27.9. The van der Waals surface area contributed by atoms with Crippen LogP contribution < -0.4 is 4.72 Å². The van der Waals surface area contributed by atoms with E-state index in [4.69, 9.17) is 5.11 Å². The number of phenolic OH excluding ortho intramolecular Hbond substituents is 1. The zero-order valence-corrected chi connectivity index (χ0v) is 10.6. The third-order valence-corrected chi connectivity index (χ3v) is 3.93. The molecule has 1 heterocycles. The summed E-state index contributed by atoms with van der Waals surface area (Å²) in [6, 6.07) is 7.10. The molecule has 1 aromatic heterocycles. The van der Waals surface area contributed by atoms with Crippen molar-refractivity contribution in [1.82, 2.24) is 14.5 Å². The molecule has 0 bridgehead atoms. The van der Waals surface area contributed by atoms with E-state index in [2.05, 4.69) is 9.82 Å².